The van der Waals surface area contributed by atoms with Crippen LogP contribution in [0, 0.1) is 46.3 Å². The van der Waals surface area contributed by atoms with Gasteiger partial charge < -0.3 is 4.74 Å². The normalized spacial score (nSPS) is 45.5. The zero-order valence-corrected chi connectivity index (χ0v) is 22.7. The number of benzene rings is 1. The maximum Gasteiger partial charge on any atom is 0.123 e. The molecule has 0 unspecified atom stereocenters. The van der Waals surface area contributed by atoms with E-state index < -0.39 is 0 Å². The largest absolute Gasteiger partial charge is 0.486 e. The summed E-state index contributed by atoms with van der Waals surface area (Å²) in [5.41, 5.74) is 2.55. The lowest BCUT2D eigenvalue weighted by molar-refractivity contribution is -0.202. The van der Waals surface area contributed by atoms with Crippen LogP contribution in [0.3, 0.4) is 0 Å². The molecular weight excluding hydrogens is 412 g/mol. The van der Waals surface area contributed by atoms with Gasteiger partial charge in [0.15, 0.2) is 0 Å². The molecule has 1 heteroatoms. The molecule has 4 aliphatic carbocycles. The zero-order valence-electron chi connectivity index (χ0n) is 22.7. The Morgan fingerprint density at radius 2 is 1.71 bits per heavy atom. The van der Waals surface area contributed by atoms with Crippen LogP contribution in [-0.2, 0) is 0 Å². The molecule has 1 spiro atoms. The van der Waals surface area contributed by atoms with Crippen molar-refractivity contribution in [2.24, 2.45) is 46.3 Å². The van der Waals surface area contributed by atoms with Gasteiger partial charge in [0.2, 0.25) is 0 Å². The molecular formula is C33H50O. The van der Waals surface area contributed by atoms with E-state index in [0.29, 0.717) is 10.8 Å². The van der Waals surface area contributed by atoms with E-state index in [1.807, 2.05) is 0 Å². The molecule has 1 heterocycles. The summed E-state index contributed by atoms with van der Waals surface area (Å²) in [6.07, 6.45) is 17.0. The predicted octanol–water partition coefficient (Wildman–Crippen LogP) is 9.41. The zero-order chi connectivity index (χ0) is 23.7. The van der Waals surface area contributed by atoms with Crippen molar-refractivity contribution in [3.05, 3.63) is 29.8 Å². The molecule has 4 fully saturated rings. The van der Waals surface area contributed by atoms with Gasteiger partial charge in [-0.1, -0.05) is 72.1 Å². The minimum Gasteiger partial charge on any atom is -0.486 e. The van der Waals surface area contributed by atoms with Crippen LogP contribution >= 0.6 is 0 Å². The third kappa shape index (κ3) is 3.30. The molecule has 1 aromatic rings. The van der Waals surface area contributed by atoms with E-state index in [2.05, 4.69) is 58.9 Å². The number of hydrogen-bond donors (Lipinski definition) is 0. The Morgan fingerprint density at radius 1 is 0.882 bits per heavy atom. The van der Waals surface area contributed by atoms with E-state index in [0.717, 1.165) is 41.4 Å². The monoisotopic (exact) mass is 462 g/mol. The second kappa shape index (κ2) is 8.27. The molecule has 1 aliphatic heterocycles. The average Bonchev–Trinajstić information content (AvgIpc) is 3.17. The third-order valence-corrected chi connectivity index (χ3v) is 12.6. The van der Waals surface area contributed by atoms with Crippen LogP contribution in [0.15, 0.2) is 24.3 Å². The second-order valence-electron chi connectivity index (χ2n) is 14.4. The summed E-state index contributed by atoms with van der Waals surface area (Å²) in [5.74, 6) is 7.46. The minimum absolute atomic E-state index is 0.0985. The summed E-state index contributed by atoms with van der Waals surface area (Å²) in [6, 6.07) is 9.01. The van der Waals surface area contributed by atoms with Crippen LogP contribution in [0.1, 0.15) is 123 Å². The number of ether oxygens (including phenoxy) is 1. The van der Waals surface area contributed by atoms with E-state index >= 15 is 0 Å². The van der Waals surface area contributed by atoms with Crippen molar-refractivity contribution in [2.45, 2.75) is 123 Å². The van der Waals surface area contributed by atoms with Gasteiger partial charge in [0, 0.05) is 5.41 Å². The number of para-hydroxylation sites is 1. The first-order chi connectivity index (χ1) is 16.3. The Balaban J connectivity index is 1.23. The standard InChI is InChI=1S/C33H50O/c1-22(2)9-8-10-23(3)27-13-14-28-26-16-20-33-21-24(25-11-6-7-12-30(25)34-33)15-19-32(33,5)29(26)17-18-31(27,28)4/h6-7,11-12,22-24,26-29H,8-10,13-21H2,1-5H3/t23-,24-,26+,27-,28+,29+,31-,32-,33-/m1/s1. The third-order valence-electron chi connectivity index (χ3n) is 12.6. The van der Waals surface area contributed by atoms with Crippen molar-refractivity contribution in [1.29, 1.82) is 0 Å². The molecule has 34 heavy (non-hydrogen) atoms. The van der Waals surface area contributed by atoms with Gasteiger partial charge in [0.05, 0.1) is 0 Å². The number of rotatable bonds is 5. The summed E-state index contributed by atoms with van der Waals surface area (Å²) in [6.45, 7) is 12.8. The Morgan fingerprint density at radius 3 is 2.53 bits per heavy atom. The maximum absolute atomic E-state index is 7.11. The molecule has 0 aromatic heterocycles. The van der Waals surface area contributed by atoms with Gasteiger partial charge in [-0.2, -0.15) is 0 Å². The van der Waals surface area contributed by atoms with Crippen LogP contribution in [0.25, 0.3) is 0 Å². The van der Waals surface area contributed by atoms with Gasteiger partial charge in [-0.15, -0.1) is 0 Å². The quantitative estimate of drug-likeness (QED) is 0.423. The summed E-state index contributed by atoms with van der Waals surface area (Å²) >= 11 is 0. The molecule has 6 rings (SSSR count). The van der Waals surface area contributed by atoms with Crippen LogP contribution in [0.4, 0.5) is 0 Å². The van der Waals surface area contributed by atoms with Crippen LogP contribution in [0.5, 0.6) is 5.75 Å². The van der Waals surface area contributed by atoms with Gasteiger partial charge in [0.1, 0.15) is 11.4 Å². The second-order valence-corrected chi connectivity index (χ2v) is 14.4. The van der Waals surface area contributed by atoms with Crippen molar-refractivity contribution in [3.63, 3.8) is 0 Å². The molecule has 0 saturated heterocycles. The highest BCUT2D eigenvalue weighted by molar-refractivity contribution is 5.41. The summed E-state index contributed by atoms with van der Waals surface area (Å²) in [7, 11) is 0. The highest BCUT2D eigenvalue weighted by atomic mass is 16.5. The Kier molecular flexibility index (Phi) is 5.70. The van der Waals surface area contributed by atoms with Crippen molar-refractivity contribution in [1.82, 2.24) is 0 Å². The van der Waals surface area contributed by atoms with E-state index in [9.17, 15) is 0 Å². The summed E-state index contributed by atoms with van der Waals surface area (Å²) in [5, 5.41) is 0. The SMILES string of the molecule is CC(C)CCC[C@@H](C)[C@H]1CC[C@H]2[C@@H]3CC[C@@]45C[C@@H](CC[C@]4(C)[C@H]3CC[C@]12C)c1ccccc1O5. The van der Waals surface area contributed by atoms with Gasteiger partial charge in [-0.25, -0.2) is 0 Å². The van der Waals surface area contributed by atoms with Gasteiger partial charge in [-0.05, 0) is 116 Å². The predicted molar refractivity (Wildman–Crippen MR) is 142 cm³/mol. The van der Waals surface area contributed by atoms with Gasteiger partial charge >= 0.3 is 0 Å². The first-order valence-corrected chi connectivity index (χ1v) is 15.1. The number of fused-ring (bicyclic) bond motifs is 7. The first kappa shape index (κ1) is 23.4. The lowest BCUT2D eigenvalue weighted by atomic mass is 9.42. The molecule has 9 atom stereocenters. The smallest absolute Gasteiger partial charge is 0.123 e. The topological polar surface area (TPSA) is 9.23 Å². The fourth-order valence-corrected chi connectivity index (χ4v) is 10.8. The molecule has 2 bridgehead atoms. The van der Waals surface area contributed by atoms with E-state index in [4.69, 9.17) is 4.74 Å². The fourth-order valence-electron chi connectivity index (χ4n) is 10.8. The Bertz CT molecular complexity index is 904. The molecule has 5 aliphatic rings. The van der Waals surface area contributed by atoms with Crippen LogP contribution in [-0.4, -0.2) is 5.60 Å². The molecule has 1 aromatic carbocycles. The van der Waals surface area contributed by atoms with Crippen molar-refractivity contribution >= 4 is 0 Å². The lowest BCUT2D eigenvalue weighted by Gasteiger charge is -2.66. The Labute approximate surface area is 209 Å². The Hall–Kier alpha value is -0.980. The van der Waals surface area contributed by atoms with Crippen molar-refractivity contribution in [2.75, 3.05) is 0 Å². The van der Waals surface area contributed by atoms with E-state index in [-0.39, 0.29) is 5.60 Å². The van der Waals surface area contributed by atoms with Crippen LogP contribution in [0.2, 0.25) is 0 Å². The lowest BCUT2D eigenvalue weighted by Crippen LogP contribution is -2.65. The van der Waals surface area contributed by atoms with Crippen molar-refractivity contribution < 1.29 is 4.74 Å². The molecule has 188 valence electrons. The molecule has 0 radical (unpaired) electrons. The summed E-state index contributed by atoms with van der Waals surface area (Å²) in [4.78, 5) is 0. The molecule has 0 N–H and O–H groups in total. The highest BCUT2D eigenvalue weighted by Crippen LogP contribution is 2.71. The highest BCUT2D eigenvalue weighted by Gasteiger charge is 2.67. The first-order valence-electron chi connectivity index (χ1n) is 15.1. The van der Waals surface area contributed by atoms with Gasteiger partial charge in [0.25, 0.3) is 0 Å². The number of hydrogen-bond acceptors (Lipinski definition) is 1. The van der Waals surface area contributed by atoms with E-state index in [1.54, 1.807) is 0 Å². The average molecular weight is 463 g/mol. The summed E-state index contributed by atoms with van der Waals surface area (Å²) < 4.78 is 7.11. The van der Waals surface area contributed by atoms with Crippen molar-refractivity contribution in [3.8, 4) is 5.75 Å². The van der Waals surface area contributed by atoms with Crippen LogP contribution < -0.4 is 4.74 Å². The minimum atomic E-state index is 0.0985. The molecule has 1 nitrogen and oxygen atoms in total. The van der Waals surface area contributed by atoms with E-state index in [1.165, 1.54) is 88.4 Å². The maximum atomic E-state index is 7.11. The molecule has 4 saturated carbocycles. The molecule has 0 amide bonds. The fraction of sp³-hybridized carbons (Fsp3) is 0.818. The van der Waals surface area contributed by atoms with Gasteiger partial charge in [-0.3, -0.25) is 0 Å².